The van der Waals surface area contributed by atoms with Crippen LogP contribution in [0.4, 0.5) is 0 Å². The molecule has 1 aliphatic heterocycles. The number of benzene rings is 1. The van der Waals surface area contributed by atoms with E-state index in [1.807, 2.05) is 35.2 Å². The van der Waals surface area contributed by atoms with Crippen LogP contribution >= 0.6 is 11.6 Å². The van der Waals surface area contributed by atoms with E-state index in [0.717, 1.165) is 43.3 Å². The Labute approximate surface area is 147 Å². The average Bonchev–Trinajstić information content (AvgIpc) is 2.63. The Balaban J connectivity index is 1.48. The lowest BCUT2D eigenvalue weighted by Gasteiger charge is -2.34. The number of nitrogens with zero attached hydrogens (tertiary/aromatic N) is 3. The van der Waals surface area contributed by atoms with Gasteiger partial charge in [0.25, 0.3) is 0 Å². The molecule has 0 atom stereocenters. The molecule has 1 amide bonds. The molecule has 0 unspecified atom stereocenters. The number of piperazine rings is 1. The standard InChI is InChI=1S/C19H20ClN3O/c20-18-6-3-17(4-7-18)15-22-10-12-23(13-11-22)19(24)8-5-16-2-1-9-21-14-16/h1-9,14H,10-13,15H2/b8-5+. The third-order valence-corrected chi connectivity index (χ3v) is 4.36. The number of carbonyl (C=O) groups is 1. The van der Waals surface area contributed by atoms with Crippen LogP contribution in [0.15, 0.2) is 54.9 Å². The Kier molecular flexibility index (Phi) is 5.62. The first kappa shape index (κ1) is 16.7. The van der Waals surface area contributed by atoms with Crippen molar-refractivity contribution < 1.29 is 4.79 Å². The van der Waals surface area contributed by atoms with Gasteiger partial charge in [0.15, 0.2) is 0 Å². The highest BCUT2D eigenvalue weighted by atomic mass is 35.5. The van der Waals surface area contributed by atoms with Gasteiger partial charge in [0.1, 0.15) is 0 Å². The minimum absolute atomic E-state index is 0.0602. The Morgan fingerprint density at radius 3 is 2.54 bits per heavy atom. The van der Waals surface area contributed by atoms with Crippen LogP contribution in [-0.4, -0.2) is 46.9 Å². The second-order valence-electron chi connectivity index (χ2n) is 5.85. The molecular weight excluding hydrogens is 322 g/mol. The van der Waals surface area contributed by atoms with Crippen molar-refractivity contribution in [1.82, 2.24) is 14.8 Å². The van der Waals surface area contributed by atoms with Gasteiger partial charge < -0.3 is 4.90 Å². The Morgan fingerprint density at radius 2 is 1.88 bits per heavy atom. The molecule has 2 heterocycles. The Hall–Kier alpha value is -2.17. The normalized spacial score (nSPS) is 15.8. The van der Waals surface area contributed by atoms with Crippen LogP contribution in [0.2, 0.25) is 5.02 Å². The second-order valence-corrected chi connectivity index (χ2v) is 6.28. The van der Waals surface area contributed by atoms with E-state index in [1.54, 1.807) is 18.5 Å². The molecule has 1 fully saturated rings. The van der Waals surface area contributed by atoms with Crippen LogP contribution in [0.25, 0.3) is 6.08 Å². The summed E-state index contributed by atoms with van der Waals surface area (Å²) in [5.74, 6) is 0.0602. The van der Waals surface area contributed by atoms with Crippen LogP contribution in [0.3, 0.4) is 0 Å². The summed E-state index contributed by atoms with van der Waals surface area (Å²) in [5, 5.41) is 0.759. The molecule has 3 rings (SSSR count). The quantitative estimate of drug-likeness (QED) is 0.802. The largest absolute Gasteiger partial charge is 0.337 e. The lowest BCUT2D eigenvalue weighted by atomic mass is 10.2. The zero-order valence-corrected chi connectivity index (χ0v) is 14.2. The van der Waals surface area contributed by atoms with E-state index in [-0.39, 0.29) is 5.91 Å². The molecule has 2 aromatic rings. The van der Waals surface area contributed by atoms with Crippen molar-refractivity contribution >= 4 is 23.6 Å². The van der Waals surface area contributed by atoms with Crippen LogP contribution in [0, 0.1) is 0 Å². The van der Waals surface area contributed by atoms with Gasteiger partial charge in [-0.25, -0.2) is 0 Å². The lowest BCUT2D eigenvalue weighted by Crippen LogP contribution is -2.47. The molecule has 1 saturated heterocycles. The molecule has 0 radical (unpaired) electrons. The minimum atomic E-state index is 0.0602. The average molecular weight is 342 g/mol. The van der Waals surface area contributed by atoms with Crippen molar-refractivity contribution in [2.75, 3.05) is 26.2 Å². The molecule has 0 aliphatic carbocycles. The van der Waals surface area contributed by atoms with Crippen LogP contribution in [-0.2, 0) is 11.3 Å². The lowest BCUT2D eigenvalue weighted by molar-refractivity contribution is -0.127. The summed E-state index contributed by atoms with van der Waals surface area (Å²) >= 11 is 5.91. The van der Waals surface area contributed by atoms with Crippen molar-refractivity contribution in [2.45, 2.75) is 6.54 Å². The van der Waals surface area contributed by atoms with E-state index >= 15 is 0 Å². The molecule has 1 aromatic heterocycles. The number of aromatic nitrogens is 1. The van der Waals surface area contributed by atoms with Gasteiger partial charge in [-0.1, -0.05) is 29.8 Å². The molecule has 1 aromatic carbocycles. The molecule has 0 bridgehead atoms. The van der Waals surface area contributed by atoms with Gasteiger partial charge >= 0.3 is 0 Å². The molecule has 5 heteroatoms. The van der Waals surface area contributed by atoms with Crippen molar-refractivity contribution in [1.29, 1.82) is 0 Å². The topological polar surface area (TPSA) is 36.4 Å². The monoisotopic (exact) mass is 341 g/mol. The molecule has 24 heavy (non-hydrogen) atoms. The second kappa shape index (κ2) is 8.08. The van der Waals surface area contributed by atoms with Crippen molar-refractivity contribution in [2.24, 2.45) is 0 Å². The number of carbonyl (C=O) groups excluding carboxylic acids is 1. The molecular formula is C19H20ClN3O. The van der Waals surface area contributed by atoms with E-state index in [9.17, 15) is 4.79 Å². The number of pyridine rings is 1. The third kappa shape index (κ3) is 4.66. The van der Waals surface area contributed by atoms with E-state index in [2.05, 4.69) is 22.0 Å². The highest BCUT2D eigenvalue weighted by Gasteiger charge is 2.19. The van der Waals surface area contributed by atoms with Gasteiger partial charge in [-0.05, 0) is 35.4 Å². The predicted octanol–water partition coefficient (Wildman–Crippen LogP) is 3.09. The van der Waals surface area contributed by atoms with Crippen molar-refractivity contribution in [3.63, 3.8) is 0 Å². The van der Waals surface area contributed by atoms with Gasteiger partial charge in [-0.3, -0.25) is 14.7 Å². The zero-order valence-electron chi connectivity index (χ0n) is 13.4. The molecule has 0 spiro atoms. The van der Waals surface area contributed by atoms with E-state index in [0.29, 0.717) is 0 Å². The molecule has 124 valence electrons. The summed E-state index contributed by atoms with van der Waals surface area (Å²) in [5.41, 5.74) is 2.18. The highest BCUT2D eigenvalue weighted by Crippen LogP contribution is 2.13. The van der Waals surface area contributed by atoms with Crippen LogP contribution < -0.4 is 0 Å². The summed E-state index contributed by atoms with van der Waals surface area (Å²) in [6.07, 6.45) is 6.91. The number of hydrogen-bond acceptors (Lipinski definition) is 3. The van der Waals surface area contributed by atoms with E-state index < -0.39 is 0 Å². The van der Waals surface area contributed by atoms with Gasteiger partial charge in [-0.15, -0.1) is 0 Å². The fourth-order valence-electron chi connectivity index (χ4n) is 2.72. The maximum Gasteiger partial charge on any atom is 0.246 e. The van der Waals surface area contributed by atoms with Gasteiger partial charge in [-0.2, -0.15) is 0 Å². The summed E-state index contributed by atoms with van der Waals surface area (Å²) in [6.45, 7) is 4.17. The summed E-state index contributed by atoms with van der Waals surface area (Å²) in [4.78, 5) is 20.6. The first-order valence-corrected chi connectivity index (χ1v) is 8.42. The van der Waals surface area contributed by atoms with Crippen molar-refractivity contribution in [3.05, 3.63) is 71.0 Å². The summed E-state index contributed by atoms with van der Waals surface area (Å²) < 4.78 is 0. The molecule has 0 N–H and O–H groups in total. The first-order valence-electron chi connectivity index (χ1n) is 8.04. The smallest absolute Gasteiger partial charge is 0.246 e. The molecule has 0 saturated carbocycles. The van der Waals surface area contributed by atoms with Crippen LogP contribution in [0.1, 0.15) is 11.1 Å². The first-order chi connectivity index (χ1) is 11.7. The molecule has 1 aliphatic rings. The summed E-state index contributed by atoms with van der Waals surface area (Å²) in [7, 11) is 0. The Morgan fingerprint density at radius 1 is 1.12 bits per heavy atom. The van der Waals surface area contributed by atoms with E-state index in [4.69, 9.17) is 11.6 Å². The maximum absolute atomic E-state index is 12.3. The predicted molar refractivity (Wildman–Crippen MR) is 96.6 cm³/mol. The SMILES string of the molecule is O=C(/C=C/c1cccnc1)N1CCN(Cc2ccc(Cl)cc2)CC1. The minimum Gasteiger partial charge on any atom is -0.337 e. The fraction of sp³-hybridized carbons (Fsp3) is 0.263. The molecule has 4 nitrogen and oxygen atoms in total. The fourth-order valence-corrected chi connectivity index (χ4v) is 2.85. The maximum atomic E-state index is 12.3. The van der Waals surface area contributed by atoms with E-state index in [1.165, 1.54) is 5.56 Å². The van der Waals surface area contributed by atoms with Gasteiger partial charge in [0.2, 0.25) is 5.91 Å². The number of hydrogen-bond donors (Lipinski definition) is 0. The highest BCUT2D eigenvalue weighted by molar-refractivity contribution is 6.30. The van der Waals surface area contributed by atoms with Gasteiger partial charge in [0.05, 0.1) is 0 Å². The summed E-state index contributed by atoms with van der Waals surface area (Å²) in [6, 6.07) is 11.7. The Bertz CT molecular complexity index is 692. The zero-order chi connectivity index (χ0) is 16.8. The number of halogens is 1. The number of amides is 1. The third-order valence-electron chi connectivity index (χ3n) is 4.11. The van der Waals surface area contributed by atoms with Crippen LogP contribution in [0.5, 0.6) is 0 Å². The van der Waals surface area contributed by atoms with Gasteiger partial charge in [0, 0.05) is 56.2 Å². The van der Waals surface area contributed by atoms with Crippen molar-refractivity contribution in [3.8, 4) is 0 Å². The number of rotatable bonds is 4.